The SMILES string of the molecule is CCN(CC)CCSc1ccc(CO)cc1C#N. The first-order valence-corrected chi connectivity index (χ1v) is 7.22. The van der Waals surface area contributed by atoms with E-state index < -0.39 is 0 Å². The predicted molar refractivity (Wildman–Crippen MR) is 75.6 cm³/mol. The van der Waals surface area contributed by atoms with E-state index in [1.54, 1.807) is 17.8 Å². The lowest BCUT2D eigenvalue weighted by Gasteiger charge is -2.17. The molecule has 0 aromatic heterocycles. The van der Waals surface area contributed by atoms with Gasteiger partial charge in [-0.25, -0.2) is 0 Å². The van der Waals surface area contributed by atoms with Gasteiger partial charge in [-0.15, -0.1) is 11.8 Å². The second kappa shape index (κ2) is 8.15. The van der Waals surface area contributed by atoms with E-state index in [0.29, 0.717) is 5.56 Å². The highest BCUT2D eigenvalue weighted by Gasteiger charge is 2.05. The van der Waals surface area contributed by atoms with Crippen molar-refractivity contribution in [3.05, 3.63) is 29.3 Å². The summed E-state index contributed by atoms with van der Waals surface area (Å²) in [5, 5.41) is 18.1. The van der Waals surface area contributed by atoms with Crippen LogP contribution in [0.1, 0.15) is 25.0 Å². The number of rotatable bonds is 7. The van der Waals surface area contributed by atoms with E-state index in [2.05, 4.69) is 24.8 Å². The summed E-state index contributed by atoms with van der Waals surface area (Å²) in [5.74, 6) is 0.981. The molecule has 3 nitrogen and oxygen atoms in total. The minimum Gasteiger partial charge on any atom is -0.392 e. The van der Waals surface area contributed by atoms with Gasteiger partial charge in [0.15, 0.2) is 0 Å². The van der Waals surface area contributed by atoms with Crippen LogP contribution in [0.2, 0.25) is 0 Å². The van der Waals surface area contributed by atoms with Gasteiger partial charge in [-0.3, -0.25) is 0 Å². The molecule has 0 atom stereocenters. The van der Waals surface area contributed by atoms with Crippen LogP contribution in [-0.2, 0) is 6.61 Å². The maximum Gasteiger partial charge on any atom is 0.100 e. The molecule has 0 unspecified atom stereocenters. The molecule has 1 N–H and O–H groups in total. The van der Waals surface area contributed by atoms with Crippen molar-refractivity contribution in [2.24, 2.45) is 0 Å². The summed E-state index contributed by atoms with van der Waals surface area (Å²) in [6, 6.07) is 7.76. The Morgan fingerprint density at radius 3 is 2.61 bits per heavy atom. The molecule has 0 amide bonds. The van der Waals surface area contributed by atoms with E-state index in [1.165, 1.54) is 0 Å². The quantitative estimate of drug-likeness (QED) is 0.769. The molecule has 0 fully saturated rings. The van der Waals surface area contributed by atoms with Gasteiger partial charge >= 0.3 is 0 Å². The molecule has 4 heteroatoms. The fourth-order valence-corrected chi connectivity index (χ4v) is 2.71. The molecular weight excluding hydrogens is 244 g/mol. The number of benzene rings is 1. The molecule has 0 bridgehead atoms. The Bertz CT molecular complexity index is 411. The van der Waals surface area contributed by atoms with E-state index in [9.17, 15) is 0 Å². The molecule has 0 aliphatic carbocycles. The van der Waals surface area contributed by atoms with Gasteiger partial charge < -0.3 is 10.0 Å². The van der Waals surface area contributed by atoms with Crippen molar-refractivity contribution in [2.45, 2.75) is 25.3 Å². The molecule has 0 saturated heterocycles. The molecule has 0 spiro atoms. The summed E-state index contributed by atoms with van der Waals surface area (Å²) in [6.07, 6.45) is 0. The Hall–Kier alpha value is -1.02. The molecule has 1 aromatic rings. The van der Waals surface area contributed by atoms with Gasteiger partial charge in [0.25, 0.3) is 0 Å². The Morgan fingerprint density at radius 2 is 2.06 bits per heavy atom. The third kappa shape index (κ3) is 4.34. The first-order valence-electron chi connectivity index (χ1n) is 6.24. The summed E-state index contributed by atoms with van der Waals surface area (Å²) < 4.78 is 0. The fraction of sp³-hybridized carbons (Fsp3) is 0.500. The van der Waals surface area contributed by atoms with Crippen LogP contribution in [0.15, 0.2) is 23.1 Å². The number of hydrogen-bond acceptors (Lipinski definition) is 4. The number of nitriles is 1. The molecule has 0 radical (unpaired) electrons. The lowest BCUT2D eigenvalue weighted by atomic mass is 10.1. The summed E-state index contributed by atoms with van der Waals surface area (Å²) in [7, 11) is 0. The normalized spacial score (nSPS) is 10.6. The Balaban J connectivity index is 2.59. The predicted octanol–water partition coefficient (Wildman–Crippen LogP) is 2.48. The first-order chi connectivity index (χ1) is 8.74. The summed E-state index contributed by atoms with van der Waals surface area (Å²) in [4.78, 5) is 3.36. The Morgan fingerprint density at radius 1 is 1.33 bits per heavy atom. The van der Waals surface area contributed by atoms with E-state index in [-0.39, 0.29) is 6.61 Å². The summed E-state index contributed by atoms with van der Waals surface area (Å²) in [5.41, 5.74) is 1.45. The second-order valence-corrected chi connectivity index (χ2v) is 5.11. The summed E-state index contributed by atoms with van der Waals surface area (Å²) in [6.45, 7) is 7.45. The van der Waals surface area contributed by atoms with Crippen LogP contribution in [0.5, 0.6) is 0 Å². The van der Waals surface area contributed by atoms with Crippen LogP contribution in [0.3, 0.4) is 0 Å². The smallest absolute Gasteiger partial charge is 0.100 e. The zero-order chi connectivity index (χ0) is 13.4. The van der Waals surface area contributed by atoms with E-state index in [0.717, 1.165) is 35.8 Å². The molecular formula is C14H20N2OS. The average molecular weight is 264 g/mol. The Labute approximate surface area is 113 Å². The molecule has 1 aromatic carbocycles. The zero-order valence-corrected chi connectivity index (χ0v) is 11.8. The number of aliphatic hydroxyl groups is 1. The van der Waals surface area contributed by atoms with Crippen LogP contribution < -0.4 is 0 Å². The van der Waals surface area contributed by atoms with Crippen LogP contribution in [0, 0.1) is 11.3 Å². The molecule has 0 saturated carbocycles. The maximum atomic E-state index is 9.08. The van der Waals surface area contributed by atoms with Gasteiger partial charge in [0.1, 0.15) is 6.07 Å². The number of thioether (sulfide) groups is 1. The van der Waals surface area contributed by atoms with Gasteiger partial charge in [0, 0.05) is 17.2 Å². The Kier molecular flexibility index (Phi) is 6.81. The highest BCUT2D eigenvalue weighted by molar-refractivity contribution is 7.99. The van der Waals surface area contributed by atoms with E-state index in [4.69, 9.17) is 10.4 Å². The van der Waals surface area contributed by atoms with Crippen molar-refractivity contribution in [1.82, 2.24) is 4.90 Å². The highest BCUT2D eigenvalue weighted by Crippen LogP contribution is 2.23. The number of aliphatic hydroxyl groups excluding tert-OH is 1. The largest absolute Gasteiger partial charge is 0.392 e. The molecule has 0 heterocycles. The van der Waals surface area contributed by atoms with Crippen LogP contribution >= 0.6 is 11.8 Å². The fourth-order valence-electron chi connectivity index (χ4n) is 1.71. The topological polar surface area (TPSA) is 47.3 Å². The van der Waals surface area contributed by atoms with Crippen molar-refractivity contribution in [2.75, 3.05) is 25.4 Å². The van der Waals surface area contributed by atoms with Crippen molar-refractivity contribution in [3.8, 4) is 6.07 Å². The molecule has 0 aliphatic rings. The van der Waals surface area contributed by atoms with Gasteiger partial charge in [-0.1, -0.05) is 19.9 Å². The monoisotopic (exact) mass is 264 g/mol. The van der Waals surface area contributed by atoms with Gasteiger partial charge in [-0.2, -0.15) is 5.26 Å². The van der Waals surface area contributed by atoms with Gasteiger partial charge in [0.2, 0.25) is 0 Å². The van der Waals surface area contributed by atoms with Crippen LogP contribution in [0.25, 0.3) is 0 Å². The molecule has 1 rings (SSSR count). The van der Waals surface area contributed by atoms with Crippen molar-refractivity contribution < 1.29 is 5.11 Å². The number of nitrogens with zero attached hydrogens (tertiary/aromatic N) is 2. The maximum absolute atomic E-state index is 9.08. The molecule has 0 aliphatic heterocycles. The minimum atomic E-state index is -0.0148. The van der Waals surface area contributed by atoms with Crippen LogP contribution in [0.4, 0.5) is 0 Å². The third-order valence-electron chi connectivity index (χ3n) is 2.91. The molecule has 18 heavy (non-hydrogen) atoms. The highest BCUT2D eigenvalue weighted by atomic mass is 32.2. The van der Waals surface area contributed by atoms with E-state index in [1.807, 2.05) is 12.1 Å². The van der Waals surface area contributed by atoms with Crippen molar-refractivity contribution >= 4 is 11.8 Å². The standard InChI is InChI=1S/C14H20N2OS/c1-3-16(4-2)7-8-18-14-6-5-12(11-17)9-13(14)10-15/h5-6,9,17H,3-4,7-8,11H2,1-2H3. The third-order valence-corrected chi connectivity index (χ3v) is 3.96. The minimum absolute atomic E-state index is 0.0148. The van der Waals surface area contributed by atoms with Crippen molar-refractivity contribution in [1.29, 1.82) is 5.26 Å². The first kappa shape index (κ1) is 15.0. The van der Waals surface area contributed by atoms with E-state index >= 15 is 0 Å². The number of hydrogen-bond donors (Lipinski definition) is 1. The second-order valence-electron chi connectivity index (χ2n) is 3.98. The van der Waals surface area contributed by atoms with Crippen molar-refractivity contribution in [3.63, 3.8) is 0 Å². The average Bonchev–Trinajstić information content (AvgIpc) is 2.43. The summed E-state index contributed by atoms with van der Waals surface area (Å²) >= 11 is 1.70. The van der Waals surface area contributed by atoms with Gasteiger partial charge in [0.05, 0.1) is 12.2 Å². The van der Waals surface area contributed by atoms with Gasteiger partial charge in [-0.05, 0) is 30.8 Å². The lowest BCUT2D eigenvalue weighted by Crippen LogP contribution is -2.25. The zero-order valence-electron chi connectivity index (χ0n) is 11.0. The molecule has 98 valence electrons. The van der Waals surface area contributed by atoms with Crippen LogP contribution in [-0.4, -0.2) is 35.4 Å². The lowest BCUT2D eigenvalue weighted by molar-refractivity contribution is 0.281.